The fourth-order valence-corrected chi connectivity index (χ4v) is 2.10. The van der Waals surface area contributed by atoms with E-state index < -0.39 is 0 Å². The second-order valence-corrected chi connectivity index (χ2v) is 3.87. The van der Waals surface area contributed by atoms with Crippen molar-refractivity contribution in [1.82, 2.24) is 19.6 Å². The fraction of sp³-hybridized carbons (Fsp3) is 0.500. The van der Waals surface area contributed by atoms with E-state index in [2.05, 4.69) is 20.1 Å². The molecule has 1 saturated heterocycles. The predicted octanol–water partition coefficient (Wildman–Crippen LogP) is 1.11. The maximum Gasteiger partial charge on any atom is 0.180 e. The third kappa shape index (κ3) is 1.44. The molecule has 2 aromatic heterocycles. The van der Waals surface area contributed by atoms with Gasteiger partial charge in [-0.1, -0.05) is 0 Å². The van der Waals surface area contributed by atoms with Crippen molar-refractivity contribution in [1.29, 1.82) is 0 Å². The maximum absolute atomic E-state index is 4.20. The lowest BCUT2D eigenvalue weighted by Gasteiger charge is -2.28. The molecule has 1 aliphatic heterocycles. The number of aromatic nitrogens is 4. The van der Waals surface area contributed by atoms with Gasteiger partial charge in [0.1, 0.15) is 12.1 Å². The fourth-order valence-electron chi connectivity index (χ4n) is 2.10. The molecule has 0 atom stereocenters. The molecule has 0 spiro atoms. The van der Waals surface area contributed by atoms with Gasteiger partial charge in [-0.2, -0.15) is 0 Å². The molecule has 0 N–H and O–H groups in total. The lowest BCUT2D eigenvalue weighted by molar-refractivity contribution is 0.571. The Morgan fingerprint density at radius 2 is 1.93 bits per heavy atom. The zero-order valence-electron chi connectivity index (χ0n) is 8.50. The van der Waals surface area contributed by atoms with E-state index in [9.17, 15) is 0 Å². The van der Waals surface area contributed by atoms with Crippen molar-refractivity contribution in [2.45, 2.75) is 19.3 Å². The Hall–Kier alpha value is -1.65. The summed E-state index contributed by atoms with van der Waals surface area (Å²) >= 11 is 0. The normalized spacial score (nSPS) is 17.2. The molecule has 1 aliphatic rings. The molecule has 0 unspecified atom stereocenters. The van der Waals surface area contributed by atoms with Gasteiger partial charge in [0.05, 0.1) is 12.4 Å². The molecule has 78 valence electrons. The van der Waals surface area contributed by atoms with Crippen molar-refractivity contribution in [3.8, 4) is 0 Å². The van der Waals surface area contributed by atoms with Crippen LogP contribution < -0.4 is 4.90 Å². The zero-order valence-corrected chi connectivity index (χ0v) is 8.50. The lowest BCUT2D eigenvalue weighted by Crippen LogP contribution is -2.30. The van der Waals surface area contributed by atoms with Crippen LogP contribution in [0.25, 0.3) is 5.65 Å². The van der Waals surface area contributed by atoms with E-state index in [1.807, 2.05) is 10.6 Å². The number of nitrogens with zero attached hydrogens (tertiary/aromatic N) is 5. The van der Waals surface area contributed by atoms with Gasteiger partial charge in [-0.05, 0) is 19.3 Å². The molecule has 15 heavy (non-hydrogen) atoms. The monoisotopic (exact) mass is 203 g/mol. The summed E-state index contributed by atoms with van der Waals surface area (Å²) in [7, 11) is 0. The van der Waals surface area contributed by atoms with E-state index in [-0.39, 0.29) is 0 Å². The van der Waals surface area contributed by atoms with Crippen LogP contribution in [0.1, 0.15) is 19.3 Å². The van der Waals surface area contributed by atoms with Crippen molar-refractivity contribution in [3.63, 3.8) is 0 Å². The van der Waals surface area contributed by atoms with Crippen molar-refractivity contribution in [3.05, 3.63) is 18.7 Å². The van der Waals surface area contributed by atoms with E-state index in [0.717, 1.165) is 24.6 Å². The zero-order chi connectivity index (χ0) is 10.1. The van der Waals surface area contributed by atoms with Crippen LogP contribution in [0, 0.1) is 0 Å². The van der Waals surface area contributed by atoms with Gasteiger partial charge in [0.25, 0.3) is 0 Å². The first kappa shape index (κ1) is 8.64. The average Bonchev–Trinajstić information content (AvgIpc) is 2.78. The summed E-state index contributed by atoms with van der Waals surface area (Å²) < 4.78 is 2.00. The molecule has 0 aromatic carbocycles. The van der Waals surface area contributed by atoms with Gasteiger partial charge in [0, 0.05) is 13.1 Å². The molecule has 0 bridgehead atoms. The first-order valence-corrected chi connectivity index (χ1v) is 5.34. The van der Waals surface area contributed by atoms with Gasteiger partial charge in [0.2, 0.25) is 0 Å². The molecule has 3 rings (SSSR count). The quantitative estimate of drug-likeness (QED) is 0.696. The van der Waals surface area contributed by atoms with Crippen LogP contribution in [-0.4, -0.2) is 32.7 Å². The Balaban J connectivity index is 2.05. The summed E-state index contributed by atoms with van der Waals surface area (Å²) in [6.07, 6.45) is 9.24. The second-order valence-electron chi connectivity index (χ2n) is 3.87. The minimum Gasteiger partial charge on any atom is -0.356 e. The highest BCUT2D eigenvalue weighted by molar-refractivity contribution is 5.47. The van der Waals surface area contributed by atoms with Crippen molar-refractivity contribution in [2.75, 3.05) is 18.0 Å². The van der Waals surface area contributed by atoms with Crippen LogP contribution in [0.3, 0.4) is 0 Å². The van der Waals surface area contributed by atoms with Crippen LogP contribution in [0.15, 0.2) is 18.7 Å². The van der Waals surface area contributed by atoms with Gasteiger partial charge in [-0.3, -0.25) is 9.38 Å². The van der Waals surface area contributed by atoms with Gasteiger partial charge in [-0.15, -0.1) is 10.2 Å². The lowest BCUT2D eigenvalue weighted by atomic mass is 10.1. The molecular formula is C10H13N5. The summed E-state index contributed by atoms with van der Waals surface area (Å²) in [5.41, 5.74) is 0.818. The van der Waals surface area contributed by atoms with Crippen LogP contribution in [0.2, 0.25) is 0 Å². The van der Waals surface area contributed by atoms with Crippen LogP contribution in [-0.2, 0) is 0 Å². The first-order chi connectivity index (χ1) is 7.45. The number of rotatable bonds is 1. The highest BCUT2D eigenvalue weighted by Crippen LogP contribution is 2.18. The Morgan fingerprint density at radius 1 is 1.07 bits per heavy atom. The van der Waals surface area contributed by atoms with Crippen molar-refractivity contribution >= 4 is 11.5 Å². The van der Waals surface area contributed by atoms with Gasteiger partial charge in [-0.25, -0.2) is 0 Å². The predicted molar refractivity (Wildman–Crippen MR) is 56.8 cm³/mol. The Bertz CT molecular complexity index is 458. The van der Waals surface area contributed by atoms with E-state index in [1.54, 1.807) is 12.5 Å². The van der Waals surface area contributed by atoms with E-state index in [1.165, 1.54) is 19.3 Å². The molecule has 0 saturated carbocycles. The topological polar surface area (TPSA) is 46.3 Å². The minimum absolute atomic E-state index is 0.818. The van der Waals surface area contributed by atoms with Gasteiger partial charge in [0.15, 0.2) is 5.65 Å². The summed E-state index contributed by atoms with van der Waals surface area (Å²) in [5, 5.41) is 7.90. The Morgan fingerprint density at radius 3 is 2.80 bits per heavy atom. The molecule has 3 heterocycles. The molecular weight excluding hydrogens is 190 g/mol. The standard InChI is InChI=1S/C10H13N5/c1-2-4-14(5-3-1)10-7-11-6-9-13-12-8-15(9)10/h6-8H,1-5H2. The number of hydrogen-bond acceptors (Lipinski definition) is 4. The molecule has 5 nitrogen and oxygen atoms in total. The van der Waals surface area contributed by atoms with Gasteiger partial charge < -0.3 is 4.90 Å². The van der Waals surface area contributed by atoms with Crippen molar-refractivity contribution in [2.24, 2.45) is 0 Å². The van der Waals surface area contributed by atoms with Crippen molar-refractivity contribution < 1.29 is 0 Å². The van der Waals surface area contributed by atoms with E-state index >= 15 is 0 Å². The minimum atomic E-state index is 0.818. The summed E-state index contributed by atoms with van der Waals surface area (Å²) in [6, 6.07) is 0. The summed E-state index contributed by atoms with van der Waals surface area (Å²) in [5.74, 6) is 1.11. The van der Waals surface area contributed by atoms with Crippen LogP contribution in [0.4, 0.5) is 5.82 Å². The van der Waals surface area contributed by atoms with Crippen LogP contribution >= 0.6 is 0 Å². The number of hydrogen-bond donors (Lipinski definition) is 0. The third-order valence-electron chi connectivity index (χ3n) is 2.88. The summed E-state index contributed by atoms with van der Waals surface area (Å²) in [6.45, 7) is 2.22. The van der Waals surface area contributed by atoms with E-state index in [0.29, 0.717) is 0 Å². The van der Waals surface area contributed by atoms with Crippen LogP contribution in [0.5, 0.6) is 0 Å². The highest BCUT2D eigenvalue weighted by atomic mass is 15.3. The number of anilines is 1. The Kier molecular flexibility index (Phi) is 2.01. The first-order valence-electron chi connectivity index (χ1n) is 5.34. The number of piperidine rings is 1. The summed E-state index contributed by atoms with van der Waals surface area (Å²) in [4.78, 5) is 6.55. The number of fused-ring (bicyclic) bond motifs is 1. The molecule has 0 radical (unpaired) electrons. The smallest absolute Gasteiger partial charge is 0.180 e. The largest absolute Gasteiger partial charge is 0.356 e. The molecule has 1 fully saturated rings. The van der Waals surface area contributed by atoms with E-state index in [4.69, 9.17) is 0 Å². The SMILES string of the molecule is c1ncc2nncn2c1N1CCCCC1. The van der Waals surface area contributed by atoms with Gasteiger partial charge >= 0.3 is 0 Å². The molecule has 0 amide bonds. The Labute approximate surface area is 87.8 Å². The maximum atomic E-state index is 4.20. The molecule has 5 heteroatoms. The average molecular weight is 203 g/mol. The molecule has 0 aliphatic carbocycles. The third-order valence-corrected chi connectivity index (χ3v) is 2.88. The second kappa shape index (κ2) is 3.49. The molecule has 2 aromatic rings. The highest BCUT2D eigenvalue weighted by Gasteiger charge is 2.14.